The predicted octanol–water partition coefficient (Wildman–Crippen LogP) is 1.71. The van der Waals surface area contributed by atoms with Crippen LogP contribution in [0.15, 0.2) is 18.2 Å². The molecule has 8 heteroatoms. The molecule has 0 aromatic heterocycles. The van der Waals surface area contributed by atoms with Crippen LogP contribution in [0.4, 0.5) is 5.69 Å². The number of hydrogen-bond donors (Lipinski definition) is 1. The van der Waals surface area contributed by atoms with E-state index >= 15 is 0 Å². The topological polar surface area (TPSA) is 84.7 Å². The first-order valence-corrected chi connectivity index (χ1v) is 6.32. The highest BCUT2D eigenvalue weighted by molar-refractivity contribution is 5.95. The number of nitro benzene ring substituents is 1. The van der Waals surface area contributed by atoms with E-state index in [-0.39, 0.29) is 35.3 Å². The Hall–Kier alpha value is -1.86. The average Bonchev–Trinajstić information content (AvgIpc) is 2.44. The minimum atomic E-state index is -0.546. The molecule has 0 saturated carbocycles. The Morgan fingerprint density at radius 1 is 1.48 bits per heavy atom. The third kappa shape index (κ3) is 5.20. The Bertz CT molecular complexity index is 496. The zero-order valence-corrected chi connectivity index (χ0v) is 13.1. The molecular formula is C13H20ClN3O4. The minimum Gasteiger partial charge on any atom is -0.487 e. The maximum absolute atomic E-state index is 12.1. The van der Waals surface area contributed by atoms with Crippen LogP contribution >= 0.6 is 12.4 Å². The van der Waals surface area contributed by atoms with Crippen LogP contribution in [0.5, 0.6) is 5.75 Å². The van der Waals surface area contributed by atoms with Gasteiger partial charge in [0, 0.05) is 31.8 Å². The highest BCUT2D eigenvalue weighted by atomic mass is 35.5. The van der Waals surface area contributed by atoms with Crippen molar-refractivity contribution >= 4 is 24.0 Å². The van der Waals surface area contributed by atoms with Gasteiger partial charge in [-0.25, -0.2) is 0 Å². The first kappa shape index (κ1) is 19.1. The van der Waals surface area contributed by atoms with Crippen molar-refractivity contribution in [3.63, 3.8) is 0 Å². The van der Waals surface area contributed by atoms with Gasteiger partial charge >= 0.3 is 5.69 Å². The van der Waals surface area contributed by atoms with E-state index in [1.165, 1.54) is 23.1 Å². The molecule has 21 heavy (non-hydrogen) atoms. The summed E-state index contributed by atoms with van der Waals surface area (Å²) >= 11 is 0. The van der Waals surface area contributed by atoms with Crippen LogP contribution < -0.4 is 10.1 Å². The molecule has 0 unspecified atom stereocenters. The van der Waals surface area contributed by atoms with Crippen molar-refractivity contribution < 1.29 is 14.5 Å². The molecule has 1 aromatic carbocycles. The van der Waals surface area contributed by atoms with Crippen molar-refractivity contribution in [3.8, 4) is 5.75 Å². The number of likely N-dealkylation sites (N-methyl/N-ethyl adjacent to an activating group) is 2. The number of rotatable bonds is 7. The number of nitrogens with one attached hydrogen (secondary N) is 1. The van der Waals surface area contributed by atoms with Crippen LogP contribution in [0.25, 0.3) is 0 Å². The van der Waals surface area contributed by atoms with Gasteiger partial charge in [0.25, 0.3) is 5.91 Å². The van der Waals surface area contributed by atoms with Crippen LogP contribution in [0.2, 0.25) is 0 Å². The number of ether oxygens (including phenoxy) is 1. The zero-order chi connectivity index (χ0) is 15.1. The van der Waals surface area contributed by atoms with Gasteiger partial charge in [-0.05, 0) is 26.1 Å². The van der Waals surface area contributed by atoms with Crippen molar-refractivity contribution in [1.82, 2.24) is 10.2 Å². The lowest BCUT2D eigenvalue weighted by atomic mass is 10.1. The highest BCUT2D eigenvalue weighted by Gasteiger charge is 2.20. The van der Waals surface area contributed by atoms with Gasteiger partial charge in [-0.3, -0.25) is 14.9 Å². The first-order chi connectivity index (χ1) is 9.51. The minimum absolute atomic E-state index is 0. The number of benzene rings is 1. The van der Waals surface area contributed by atoms with Crippen LogP contribution in [0.1, 0.15) is 17.3 Å². The van der Waals surface area contributed by atoms with Gasteiger partial charge in [0.1, 0.15) is 0 Å². The van der Waals surface area contributed by atoms with Gasteiger partial charge in [0.2, 0.25) is 0 Å². The average molecular weight is 318 g/mol. The molecule has 0 radical (unpaired) electrons. The van der Waals surface area contributed by atoms with E-state index in [0.717, 1.165) is 0 Å². The maximum Gasteiger partial charge on any atom is 0.311 e. The number of carbonyl (C=O) groups excluding carboxylic acids is 1. The summed E-state index contributed by atoms with van der Waals surface area (Å²) in [7, 11) is 3.45. The fourth-order valence-electron chi connectivity index (χ4n) is 1.67. The van der Waals surface area contributed by atoms with E-state index in [1.807, 2.05) is 0 Å². The van der Waals surface area contributed by atoms with Gasteiger partial charge < -0.3 is 15.0 Å². The largest absolute Gasteiger partial charge is 0.487 e. The number of carbonyl (C=O) groups is 1. The Balaban J connectivity index is 0.00000400. The van der Waals surface area contributed by atoms with Crippen LogP contribution in [0.3, 0.4) is 0 Å². The molecule has 0 atom stereocenters. The fourth-order valence-corrected chi connectivity index (χ4v) is 1.67. The second-order valence-corrected chi connectivity index (χ2v) is 4.20. The third-order valence-electron chi connectivity index (χ3n) is 2.75. The summed E-state index contributed by atoms with van der Waals surface area (Å²) in [6.45, 7) is 3.25. The molecule has 0 aliphatic carbocycles. The van der Waals surface area contributed by atoms with E-state index < -0.39 is 4.92 Å². The lowest BCUT2D eigenvalue weighted by Crippen LogP contribution is -2.32. The van der Waals surface area contributed by atoms with Gasteiger partial charge in [0.05, 0.1) is 11.5 Å². The summed E-state index contributed by atoms with van der Waals surface area (Å²) in [5.74, 6) is -0.0849. The Morgan fingerprint density at radius 3 is 2.67 bits per heavy atom. The van der Waals surface area contributed by atoms with Gasteiger partial charge in [-0.15, -0.1) is 12.4 Å². The van der Waals surface area contributed by atoms with Crippen molar-refractivity contribution in [1.29, 1.82) is 0 Å². The zero-order valence-electron chi connectivity index (χ0n) is 12.3. The van der Waals surface area contributed by atoms with Crippen molar-refractivity contribution in [3.05, 3.63) is 33.9 Å². The lowest BCUT2D eigenvalue weighted by molar-refractivity contribution is -0.385. The SMILES string of the molecule is CCOc1ccc(C(=O)N(C)CCNC)cc1[N+](=O)[O-].Cl. The highest BCUT2D eigenvalue weighted by Crippen LogP contribution is 2.28. The summed E-state index contributed by atoms with van der Waals surface area (Å²) in [5.41, 5.74) is 0.0819. The smallest absolute Gasteiger partial charge is 0.311 e. The van der Waals surface area contributed by atoms with E-state index in [0.29, 0.717) is 19.7 Å². The maximum atomic E-state index is 12.1. The number of halogens is 1. The number of amides is 1. The summed E-state index contributed by atoms with van der Waals surface area (Å²) in [6.07, 6.45) is 0. The molecule has 0 heterocycles. The molecule has 1 amide bonds. The second kappa shape index (κ2) is 9.15. The van der Waals surface area contributed by atoms with E-state index in [2.05, 4.69) is 5.32 Å². The molecule has 0 aliphatic rings. The summed E-state index contributed by atoms with van der Waals surface area (Å²) in [5, 5.41) is 13.9. The van der Waals surface area contributed by atoms with Crippen molar-refractivity contribution in [2.75, 3.05) is 33.8 Å². The first-order valence-electron chi connectivity index (χ1n) is 6.32. The summed E-state index contributed by atoms with van der Waals surface area (Å²) < 4.78 is 5.18. The van der Waals surface area contributed by atoms with Gasteiger partial charge in [-0.2, -0.15) is 0 Å². The number of nitrogens with zero attached hydrogens (tertiary/aromatic N) is 2. The normalized spacial score (nSPS) is 9.67. The Labute approximate surface area is 129 Å². The van der Waals surface area contributed by atoms with Crippen LogP contribution in [0, 0.1) is 10.1 Å². The molecule has 118 valence electrons. The van der Waals surface area contributed by atoms with E-state index in [1.54, 1.807) is 21.0 Å². The van der Waals surface area contributed by atoms with Gasteiger partial charge in [-0.1, -0.05) is 0 Å². The quantitative estimate of drug-likeness (QED) is 0.611. The predicted molar refractivity (Wildman–Crippen MR) is 82.4 cm³/mol. The fraction of sp³-hybridized carbons (Fsp3) is 0.462. The molecule has 0 saturated heterocycles. The third-order valence-corrected chi connectivity index (χ3v) is 2.75. The van der Waals surface area contributed by atoms with E-state index in [9.17, 15) is 14.9 Å². The summed E-state index contributed by atoms with van der Waals surface area (Å²) in [4.78, 5) is 24.1. The standard InChI is InChI=1S/C13H19N3O4.ClH/c1-4-20-12-6-5-10(9-11(12)16(18)19)13(17)15(3)8-7-14-2;/h5-6,9,14H,4,7-8H2,1-3H3;1H. The van der Waals surface area contributed by atoms with Gasteiger partial charge in [0.15, 0.2) is 5.75 Å². The van der Waals surface area contributed by atoms with Crippen LogP contribution in [-0.2, 0) is 0 Å². The number of nitro groups is 1. The molecule has 0 bridgehead atoms. The summed E-state index contributed by atoms with van der Waals surface area (Å²) in [6, 6.07) is 4.25. The monoisotopic (exact) mass is 317 g/mol. The molecular weight excluding hydrogens is 298 g/mol. The molecule has 0 spiro atoms. The lowest BCUT2D eigenvalue weighted by Gasteiger charge is -2.17. The molecule has 7 nitrogen and oxygen atoms in total. The molecule has 1 rings (SSSR count). The van der Waals surface area contributed by atoms with Crippen LogP contribution in [-0.4, -0.2) is 49.5 Å². The Kier molecular flexibility index (Phi) is 8.34. The molecule has 1 aromatic rings. The second-order valence-electron chi connectivity index (χ2n) is 4.20. The van der Waals surface area contributed by atoms with Crippen molar-refractivity contribution in [2.24, 2.45) is 0 Å². The molecule has 0 fully saturated rings. The molecule has 0 aliphatic heterocycles. The van der Waals surface area contributed by atoms with Crippen molar-refractivity contribution in [2.45, 2.75) is 6.92 Å². The van der Waals surface area contributed by atoms with E-state index in [4.69, 9.17) is 4.74 Å². The number of hydrogen-bond acceptors (Lipinski definition) is 5. The Morgan fingerprint density at radius 2 is 2.14 bits per heavy atom. The molecule has 1 N–H and O–H groups in total.